The number of hydrogen-bond acceptors (Lipinski definition) is 10. The lowest BCUT2D eigenvalue weighted by atomic mass is 10.1. The molecule has 0 unspecified atom stereocenters. The maximum atomic E-state index is 12.6. The molecule has 9 nitrogen and oxygen atoms in total. The Morgan fingerprint density at radius 1 is 1.24 bits per heavy atom. The molecule has 0 aromatic carbocycles. The first-order valence-electron chi connectivity index (χ1n) is 8.39. The summed E-state index contributed by atoms with van der Waals surface area (Å²) in [6, 6.07) is 3.26. The fraction of sp³-hybridized carbons (Fsp3) is 0.167. The number of methoxy groups -OCH3 is 1. The second kappa shape index (κ2) is 8.05. The molecule has 0 fully saturated rings. The minimum atomic E-state index is -0.605. The van der Waals surface area contributed by atoms with Gasteiger partial charge >= 0.3 is 5.97 Å². The van der Waals surface area contributed by atoms with Crippen LogP contribution in [0.5, 0.6) is 0 Å². The van der Waals surface area contributed by atoms with Gasteiger partial charge in [0.25, 0.3) is 5.56 Å². The topological polar surface area (TPSA) is 124 Å². The number of esters is 1. The second-order valence-corrected chi connectivity index (χ2v) is 7.70. The molecule has 0 saturated heterocycles. The highest BCUT2D eigenvalue weighted by molar-refractivity contribution is 7.98. The average molecular weight is 426 g/mol. The van der Waals surface area contributed by atoms with Crippen molar-refractivity contribution in [3.05, 3.63) is 57.2 Å². The SMILES string of the molecule is COC(=O)c1cc(C)nc2nc(SCc3csc(-c4ncccn4)n3)[nH]c(=O)c12. The van der Waals surface area contributed by atoms with E-state index in [2.05, 4.69) is 29.9 Å². The normalized spacial score (nSPS) is 11.0. The molecule has 4 rings (SSSR count). The number of nitrogens with one attached hydrogen (secondary N) is 1. The fourth-order valence-electron chi connectivity index (χ4n) is 2.61. The quantitative estimate of drug-likeness (QED) is 0.291. The van der Waals surface area contributed by atoms with Crippen molar-refractivity contribution in [2.24, 2.45) is 0 Å². The first kappa shape index (κ1) is 19.2. The smallest absolute Gasteiger partial charge is 0.338 e. The molecular formula is C18H14N6O3S2. The van der Waals surface area contributed by atoms with Crippen LogP contribution in [0.15, 0.2) is 39.9 Å². The molecule has 0 aliphatic rings. The van der Waals surface area contributed by atoms with E-state index in [4.69, 9.17) is 4.74 Å². The van der Waals surface area contributed by atoms with Gasteiger partial charge in [0.15, 0.2) is 21.6 Å². The molecule has 0 radical (unpaired) electrons. The van der Waals surface area contributed by atoms with Crippen LogP contribution in [0.2, 0.25) is 0 Å². The minimum absolute atomic E-state index is 0.115. The molecule has 0 amide bonds. The molecule has 11 heteroatoms. The van der Waals surface area contributed by atoms with Crippen molar-refractivity contribution in [1.82, 2.24) is 29.9 Å². The summed E-state index contributed by atoms with van der Waals surface area (Å²) >= 11 is 2.77. The first-order valence-corrected chi connectivity index (χ1v) is 10.3. The van der Waals surface area contributed by atoms with Gasteiger partial charge < -0.3 is 9.72 Å². The molecule has 0 saturated carbocycles. The predicted octanol–water partition coefficient (Wildman–Crippen LogP) is 2.62. The Morgan fingerprint density at radius 2 is 2.03 bits per heavy atom. The van der Waals surface area contributed by atoms with E-state index in [0.717, 1.165) is 10.7 Å². The van der Waals surface area contributed by atoms with E-state index in [1.807, 2.05) is 5.38 Å². The Hall–Kier alpha value is -3.18. The number of carbonyl (C=O) groups excluding carboxylic acids is 1. The number of aromatic nitrogens is 6. The number of fused-ring (bicyclic) bond motifs is 1. The number of hydrogen-bond donors (Lipinski definition) is 1. The lowest BCUT2D eigenvalue weighted by Gasteiger charge is -2.06. The van der Waals surface area contributed by atoms with Crippen molar-refractivity contribution in [3.63, 3.8) is 0 Å². The highest BCUT2D eigenvalue weighted by Gasteiger charge is 2.17. The van der Waals surface area contributed by atoms with Gasteiger partial charge in [-0.25, -0.2) is 29.7 Å². The lowest BCUT2D eigenvalue weighted by Crippen LogP contribution is -2.16. The van der Waals surface area contributed by atoms with Gasteiger partial charge in [-0.3, -0.25) is 4.79 Å². The molecule has 0 aliphatic heterocycles. The summed E-state index contributed by atoms with van der Waals surface area (Å²) in [5.74, 6) is 0.459. The third-order valence-electron chi connectivity index (χ3n) is 3.85. The van der Waals surface area contributed by atoms with Gasteiger partial charge in [0.05, 0.1) is 23.8 Å². The molecule has 4 heterocycles. The Kier molecular flexibility index (Phi) is 5.32. The van der Waals surface area contributed by atoms with Gasteiger partial charge in [0.1, 0.15) is 0 Å². The van der Waals surface area contributed by atoms with Crippen LogP contribution < -0.4 is 5.56 Å². The van der Waals surface area contributed by atoms with Crippen LogP contribution in [0.25, 0.3) is 21.9 Å². The Balaban J connectivity index is 1.60. The molecule has 146 valence electrons. The number of pyridine rings is 1. The average Bonchev–Trinajstić information content (AvgIpc) is 3.20. The molecule has 0 spiro atoms. The number of ether oxygens (including phenoxy) is 1. The maximum absolute atomic E-state index is 12.6. The van der Waals surface area contributed by atoms with E-state index < -0.39 is 11.5 Å². The van der Waals surface area contributed by atoms with Gasteiger partial charge in [0.2, 0.25) is 0 Å². The summed E-state index contributed by atoms with van der Waals surface area (Å²) in [5.41, 5.74) is 1.29. The van der Waals surface area contributed by atoms with E-state index >= 15 is 0 Å². The van der Waals surface area contributed by atoms with Crippen LogP contribution in [0, 0.1) is 6.92 Å². The number of H-pyrrole nitrogens is 1. The zero-order chi connectivity index (χ0) is 20.4. The summed E-state index contributed by atoms with van der Waals surface area (Å²) in [7, 11) is 1.26. The number of rotatable bonds is 5. The zero-order valence-electron chi connectivity index (χ0n) is 15.4. The summed E-state index contributed by atoms with van der Waals surface area (Å²) in [5, 5.41) is 3.14. The third kappa shape index (κ3) is 4.00. The molecule has 29 heavy (non-hydrogen) atoms. The third-order valence-corrected chi connectivity index (χ3v) is 5.65. The number of aromatic amines is 1. The fourth-order valence-corrected chi connectivity index (χ4v) is 4.23. The van der Waals surface area contributed by atoms with Gasteiger partial charge in [-0.05, 0) is 19.1 Å². The number of carbonyl (C=O) groups is 1. The first-order chi connectivity index (χ1) is 14.0. The predicted molar refractivity (Wildman–Crippen MR) is 109 cm³/mol. The molecule has 0 atom stereocenters. The molecule has 1 N–H and O–H groups in total. The largest absolute Gasteiger partial charge is 0.465 e. The molecule has 4 aromatic heterocycles. The maximum Gasteiger partial charge on any atom is 0.338 e. The van der Waals surface area contributed by atoms with Crippen LogP contribution in [0.4, 0.5) is 0 Å². The summed E-state index contributed by atoms with van der Waals surface area (Å²) < 4.78 is 4.76. The van der Waals surface area contributed by atoms with Crippen molar-refractivity contribution >= 4 is 40.1 Å². The van der Waals surface area contributed by atoms with E-state index in [9.17, 15) is 9.59 Å². The van der Waals surface area contributed by atoms with Crippen LogP contribution >= 0.6 is 23.1 Å². The van der Waals surface area contributed by atoms with Gasteiger partial charge in [-0.1, -0.05) is 11.8 Å². The number of nitrogens with zero attached hydrogens (tertiary/aromatic N) is 5. The van der Waals surface area contributed by atoms with E-state index in [0.29, 0.717) is 22.4 Å². The van der Waals surface area contributed by atoms with Crippen LogP contribution in [0.1, 0.15) is 21.7 Å². The van der Waals surface area contributed by atoms with Crippen LogP contribution in [0.3, 0.4) is 0 Å². The molecule has 4 aromatic rings. The minimum Gasteiger partial charge on any atom is -0.465 e. The molecule has 0 aliphatic carbocycles. The molecule has 0 bridgehead atoms. The highest BCUT2D eigenvalue weighted by atomic mass is 32.2. The Labute approximate surface area is 172 Å². The summed E-state index contributed by atoms with van der Waals surface area (Å²) in [4.78, 5) is 48.8. The van der Waals surface area contributed by atoms with Gasteiger partial charge in [-0.2, -0.15) is 0 Å². The van der Waals surface area contributed by atoms with Crippen LogP contribution in [-0.4, -0.2) is 43.0 Å². The number of aryl methyl sites for hydroxylation is 1. The van der Waals surface area contributed by atoms with Gasteiger partial charge in [0, 0.05) is 29.2 Å². The highest BCUT2D eigenvalue weighted by Crippen LogP contribution is 2.25. The van der Waals surface area contributed by atoms with E-state index in [-0.39, 0.29) is 16.6 Å². The Bertz CT molecular complexity index is 1260. The standard InChI is InChI=1S/C18H14N6O3S2/c1-9-6-11(17(26)27-2)12-13(21-9)23-18(24-15(12)25)29-8-10-7-28-16(22-10)14-19-4-3-5-20-14/h3-7H,8H2,1-2H3,(H,21,23,24,25). The van der Waals surface area contributed by atoms with Crippen molar-refractivity contribution in [2.45, 2.75) is 17.8 Å². The second-order valence-electron chi connectivity index (χ2n) is 5.88. The molecular weight excluding hydrogens is 412 g/mol. The van der Waals surface area contributed by atoms with E-state index in [1.54, 1.807) is 25.4 Å². The Morgan fingerprint density at radius 3 is 2.79 bits per heavy atom. The van der Waals surface area contributed by atoms with E-state index in [1.165, 1.54) is 36.3 Å². The lowest BCUT2D eigenvalue weighted by molar-refractivity contribution is 0.0602. The van der Waals surface area contributed by atoms with Crippen molar-refractivity contribution < 1.29 is 9.53 Å². The summed E-state index contributed by atoms with van der Waals surface area (Å²) in [6.07, 6.45) is 3.33. The van der Waals surface area contributed by atoms with Crippen LogP contribution in [-0.2, 0) is 10.5 Å². The zero-order valence-corrected chi connectivity index (χ0v) is 17.0. The van der Waals surface area contributed by atoms with Crippen molar-refractivity contribution in [2.75, 3.05) is 7.11 Å². The van der Waals surface area contributed by atoms with Gasteiger partial charge in [-0.15, -0.1) is 11.3 Å². The number of thiazole rings is 1. The summed E-state index contributed by atoms with van der Waals surface area (Å²) in [6.45, 7) is 1.73. The van der Waals surface area contributed by atoms with Crippen molar-refractivity contribution in [1.29, 1.82) is 0 Å². The van der Waals surface area contributed by atoms with Crippen molar-refractivity contribution in [3.8, 4) is 10.8 Å². The monoisotopic (exact) mass is 426 g/mol. The number of thioether (sulfide) groups is 1.